The Labute approximate surface area is 200 Å². The smallest absolute Gasteiger partial charge is 0.280 e. The minimum atomic E-state index is -1.27. The average Bonchev–Trinajstić information content (AvgIpc) is 3.38. The molecular weight excluding hydrogens is 438 g/mol. The average molecular weight is 480 g/mol. The zero-order chi connectivity index (χ0) is 24.3. The number of nitrogens with zero attached hydrogens (tertiary/aromatic N) is 3. The first-order valence-electron chi connectivity index (χ1n) is 12.9. The summed E-state index contributed by atoms with van der Waals surface area (Å²) < 4.78 is 6.97. The maximum atomic E-state index is 12.4. The van der Waals surface area contributed by atoms with Crippen molar-refractivity contribution in [3.63, 3.8) is 0 Å². The third kappa shape index (κ3) is 7.00. The Bertz CT molecular complexity index is 917. The summed E-state index contributed by atoms with van der Waals surface area (Å²) in [5.41, 5.74) is -0.0304. The Hall–Kier alpha value is -2.01. The molecule has 1 fully saturated rings. The largest absolute Gasteiger partial charge is 0.394 e. The number of ether oxygens (including phenoxy) is 1. The standard InChI is InChI=1S/C24H41N5O5/c1-2-3-4-5-6-7-8-9-10-11-12-13-14-25-24-27-21-18(22(33)28-24)26-16-29(21)23-20(32)19(31)17(15-30)34-23/h16-17,19-20,23,30-32H,2-15H2,1H3,(H2,25,27,28,33)/t17-,19-,20-,23-/m1/s1. The van der Waals surface area contributed by atoms with Gasteiger partial charge in [0, 0.05) is 6.54 Å². The number of rotatable bonds is 16. The van der Waals surface area contributed by atoms with Gasteiger partial charge in [-0.05, 0) is 6.42 Å². The highest BCUT2D eigenvalue weighted by Gasteiger charge is 2.44. The number of aliphatic hydroxyl groups excluding tert-OH is 3. The van der Waals surface area contributed by atoms with Crippen LogP contribution in [0.5, 0.6) is 0 Å². The van der Waals surface area contributed by atoms with Crippen LogP contribution in [0, 0.1) is 0 Å². The van der Waals surface area contributed by atoms with Crippen molar-refractivity contribution in [3.05, 3.63) is 16.7 Å². The maximum absolute atomic E-state index is 12.4. The number of fused-ring (bicyclic) bond motifs is 1. The lowest BCUT2D eigenvalue weighted by atomic mass is 10.1. The number of aromatic nitrogens is 4. The second kappa shape index (κ2) is 13.8. The van der Waals surface area contributed by atoms with Gasteiger partial charge in [0.1, 0.15) is 18.3 Å². The number of aliphatic hydroxyl groups is 3. The van der Waals surface area contributed by atoms with Crippen LogP contribution in [0.4, 0.5) is 5.95 Å². The fourth-order valence-electron chi connectivity index (χ4n) is 4.48. The normalized spacial score (nSPS) is 22.6. The van der Waals surface area contributed by atoms with Gasteiger partial charge in [-0.3, -0.25) is 14.3 Å². The number of hydrogen-bond donors (Lipinski definition) is 5. The van der Waals surface area contributed by atoms with Gasteiger partial charge < -0.3 is 25.4 Å². The van der Waals surface area contributed by atoms with Crippen LogP contribution in [-0.4, -0.2) is 66.3 Å². The molecular formula is C24H41N5O5. The Morgan fingerprint density at radius 3 is 2.21 bits per heavy atom. The highest BCUT2D eigenvalue weighted by Crippen LogP contribution is 2.30. The van der Waals surface area contributed by atoms with Crippen molar-refractivity contribution in [1.82, 2.24) is 19.5 Å². The molecule has 0 spiro atoms. The first-order chi connectivity index (χ1) is 16.6. The number of H-pyrrole nitrogens is 1. The van der Waals surface area contributed by atoms with Crippen LogP contribution in [0.1, 0.15) is 90.2 Å². The van der Waals surface area contributed by atoms with Gasteiger partial charge in [-0.2, -0.15) is 4.98 Å². The van der Waals surface area contributed by atoms with E-state index in [0.717, 1.165) is 12.8 Å². The Balaban J connectivity index is 1.40. The van der Waals surface area contributed by atoms with Crippen LogP contribution < -0.4 is 10.9 Å². The molecule has 0 aliphatic carbocycles. The molecule has 0 saturated carbocycles. The van der Waals surface area contributed by atoms with Gasteiger partial charge in [-0.25, -0.2) is 4.98 Å². The van der Waals surface area contributed by atoms with Crippen molar-refractivity contribution in [1.29, 1.82) is 0 Å². The van der Waals surface area contributed by atoms with Gasteiger partial charge in [0.05, 0.1) is 12.9 Å². The van der Waals surface area contributed by atoms with Crippen LogP contribution in [-0.2, 0) is 4.74 Å². The molecule has 1 aliphatic heterocycles. The van der Waals surface area contributed by atoms with E-state index in [9.17, 15) is 20.1 Å². The molecule has 1 saturated heterocycles. The predicted octanol–water partition coefficient (Wildman–Crippen LogP) is 2.84. The number of anilines is 1. The lowest BCUT2D eigenvalue weighted by Crippen LogP contribution is -2.33. The van der Waals surface area contributed by atoms with E-state index < -0.39 is 36.7 Å². The summed E-state index contributed by atoms with van der Waals surface area (Å²) in [6, 6.07) is 0. The van der Waals surface area contributed by atoms with E-state index in [0.29, 0.717) is 12.5 Å². The molecule has 34 heavy (non-hydrogen) atoms. The van der Waals surface area contributed by atoms with E-state index in [1.165, 1.54) is 75.1 Å². The SMILES string of the molecule is CCCCCCCCCCCCCCNc1nc2c(ncn2[C@@H]2O[C@H](CO)[C@@H](O)[C@H]2O)c(=O)[nH]1. The van der Waals surface area contributed by atoms with Crippen molar-refractivity contribution in [3.8, 4) is 0 Å². The molecule has 10 nitrogen and oxygen atoms in total. The highest BCUT2D eigenvalue weighted by molar-refractivity contribution is 5.70. The Morgan fingerprint density at radius 1 is 1.00 bits per heavy atom. The first-order valence-corrected chi connectivity index (χ1v) is 12.9. The highest BCUT2D eigenvalue weighted by atomic mass is 16.6. The monoisotopic (exact) mass is 479 g/mol. The molecule has 0 radical (unpaired) electrons. The van der Waals surface area contributed by atoms with Crippen molar-refractivity contribution < 1.29 is 20.1 Å². The van der Waals surface area contributed by atoms with Crippen molar-refractivity contribution in [2.75, 3.05) is 18.5 Å². The van der Waals surface area contributed by atoms with E-state index in [1.807, 2.05) is 0 Å². The second-order valence-electron chi connectivity index (χ2n) is 9.28. The summed E-state index contributed by atoms with van der Waals surface area (Å²) in [6.45, 7) is 2.51. The molecule has 0 unspecified atom stereocenters. The molecule has 0 amide bonds. The molecule has 0 aromatic carbocycles. The minimum Gasteiger partial charge on any atom is -0.394 e. The molecule has 4 atom stereocenters. The third-order valence-corrected chi connectivity index (χ3v) is 6.55. The van der Waals surface area contributed by atoms with E-state index >= 15 is 0 Å². The molecule has 2 aromatic rings. The van der Waals surface area contributed by atoms with Crippen LogP contribution in [0.25, 0.3) is 11.2 Å². The fraction of sp³-hybridized carbons (Fsp3) is 0.792. The molecule has 3 rings (SSSR count). The van der Waals surface area contributed by atoms with Crippen LogP contribution in [0.3, 0.4) is 0 Å². The van der Waals surface area contributed by atoms with E-state index in [2.05, 4.69) is 27.2 Å². The van der Waals surface area contributed by atoms with Crippen molar-refractivity contribution in [2.24, 2.45) is 0 Å². The molecule has 192 valence electrons. The van der Waals surface area contributed by atoms with E-state index in [4.69, 9.17) is 4.74 Å². The van der Waals surface area contributed by atoms with Gasteiger partial charge in [0.25, 0.3) is 5.56 Å². The van der Waals surface area contributed by atoms with E-state index in [1.54, 1.807) is 0 Å². The summed E-state index contributed by atoms with van der Waals surface area (Å²) in [7, 11) is 0. The summed E-state index contributed by atoms with van der Waals surface area (Å²) in [5, 5.41) is 32.8. The minimum absolute atomic E-state index is 0.119. The molecule has 0 bridgehead atoms. The summed E-state index contributed by atoms with van der Waals surface area (Å²) in [6.07, 6.45) is 12.3. The molecule has 2 aromatic heterocycles. The predicted molar refractivity (Wildman–Crippen MR) is 131 cm³/mol. The Morgan fingerprint density at radius 2 is 1.62 bits per heavy atom. The van der Waals surface area contributed by atoms with Crippen molar-refractivity contribution in [2.45, 2.75) is 109 Å². The van der Waals surface area contributed by atoms with Crippen LogP contribution in [0.15, 0.2) is 11.1 Å². The van der Waals surface area contributed by atoms with Gasteiger partial charge >= 0.3 is 0 Å². The number of unbranched alkanes of at least 4 members (excludes halogenated alkanes) is 11. The molecule has 1 aliphatic rings. The molecule has 10 heteroatoms. The van der Waals surface area contributed by atoms with Crippen LogP contribution in [0.2, 0.25) is 0 Å². The third-order valence-electron chi connectivity index (χ3n) is 6.55. The number of imidazole rings is 1. The number of hydrogen-bond acceptors (Lipinski definition) is 8. The zero-order valence-electron chi connectivity index (χ0n) is 20.3. The zero-order valence-corrected chi connectivity index (χ0v) is 20.3. The number of aromatic amines is 1. The van der Waals surface area contributed by atoms with Gasteiger partial charge in [0.15, 0.2) is 17.4 Å². The van der Waals surface area contributed by atoms with Gasteiger partial charge in [0.2, 0.25) is 5.95 Å². The quantitative estimate of drug-likeness (QED) is 0.231. The van der Waals surface area contributed by atoms with Gasteiger partial charge in [-0.15, -0.1) is 0 Å². The molecule has 3 heterocycles. The second-order valence-corrected chi connectivity index (χ2v) is 9.28. The van der Waals surface area contributed by atoms with Gasteiger partial charge in [-0.1, -0.05) is 77.6 Å². The summed E-state index contributed by atoms with van der Waals surface area (Å²) in [5.74, 6) is 0.328. The van der Waals surface area contributed by atoms with Crippen LogP contribution >= 0.6 is 0 Å². The Kier molecular flexibility index (Phi) is 10.8. The lowest BCUT2D eigenvalue weighted by Gasteiger charge is -2.16. The first kappa shape index (κ1) is 26.6. The van der Waals surface area contributed by atoms with E-state index in [-0.39, 0.29) is 11.2 Å². The molecule has 5 N–H and O–H groups in total. The summed E-state index contributed by atoms with van der Waals surface area (Å²) in [4.78, 5) is 23.6. The lowest BCUT2D eigenvalue weighted by molar-refractivity contribution is -0.0511. The van der Waals surface area contributed by atoms with Crippen molar-refractivity contribution >= 4 is 17.1 Å². The summed E-state index contributed by atoms with van der Waals surface area (Å²) >= 11 is 0. The topological polar surface area (TPSA) is 146 Å². The maximum Gasteiger partial charge on any atom is 0.280 e. The number of nitrogens with one attached hydrogen (secondary N) is 2. The fourth-order valence-corrected chi connectivity index (χ4v) is 4.48.